The quantitative estimate of drug-likeness (QED) is 0.793. The molecule has 2 N–H and O–H groups in total. The van der Waals surface area contributed by atoms with Gasteiger partial charge in [-0.3, -0.25) is 0 Å². The number of anilines is 1. The third kappa shape index (κ3) is 3.89. The minimum atomic E-state index is 0.203. The fraction of sp³-hybridized carbons (Fsp3) is 0.471. The Kier molecular flexibility index (Phi) is 5.48. The first-order chi connectivity index (χ1) is 10.0. The van der Waals surface area contributed by atoms with Gasteiger partial charge >= 0.3 is 0 Å². The molecule has 2 rings (SSSR count). The fourth-order valence-electron chi connectivity index (χ4n) is 2.34. The molecule has 0 aliphatic carbocycles. The molecular formula is C17H24N2OS. The first kappa shape index (κ1) is 16.1. The molecule has 1 heterocycles. The van der Waals surface area contributed by atoms with E-state index < -0.39 is 0 Å². The molecule has 0 aliphatic rings. The van der Waals surface area contributed by atoms with Gasteiger partial charge in [0, 0.05) is 29.4 Å². The fourth-order valence-corrected chi connectivity index (χ4v) is 2.78. The third-order valence-corrected chi connectivity index (χ3v) is 4.67. The van der Waals surface area contributed by atoms with E-state index in [1.165, 1.54) is 15.8 Å². The van der Waals surface area contributed by atoms with Crippen molar-refractivity contribution < 1.29 is 5.11 Å². The van der Waals surface area contributed by atoms with Crippen molar-refractivity contribution in [2.75, 3.05) is 24.7 Å². The van der Waals surface area contributed by atoms with Crippen LogP contribution in [-0.4, -0.2) is 29.5 Å². The molecule has 2 aromatic rings. The molecule has 1 aromatic carbocycles. The van der Waals surface area contributed by atoms with Gasteiger partial charge in [-0.25, -0.2) is 4.98 Å². The number of hydrogen-bond donors (Lipinski definition) is 2. The van der Waals surface area contributed by atoms with Gasteiger partial charge in [-0.15, -0.1) is 11.8 Å². The van der Waals surface area contributed by atoms with Crippen LogP contribution < -0.4 is 5.32 Å². The second-order valence-electron chi connectivity index (χ2n) is 5.78. The summed E-state index contributed by atoms with van der Waals surface area (Å²) in [5, 5.41) is 14.0. The van der Waals surface area contributed by atoms with Crippen molar-refractivity contribution in [3.63, 3.8) is 0 Å². The minimum Gasteiger partial charge on any atom is -0.396 e. The van der Waals surface area contributed by atoms with Crippen molar-refractivity contribution in [3.05, 3.63) is 29.8 Å². The van der Waals surface area contributed by atoms with Crippen molar-refractivity contribution in [3.8, 4) is 0 Å². The van der Waals surface area contributed by atoms with Gasteiger partial charge in [0.2, 0.25) is 0 Å². The number of hydrogen-bond acceptors (Lipinski definition) is 4. The number of benzene rings is 1. The molecule has 114 valence electrons. The molecule has 3 nitrogen and oxygen atoms in total. The summed E-state index contributed by atoms with van der Waals surface area (Å²) in [6.45, 7) is 7.33. The number of fused-ring (bicyclic) bond motifs is 1. The molecule has 0 bridgehead atoms. The number of aryl methyl sites for hydroxylation is 1. The lowest BCUT2D eigenvalue weighted by Crippen LogP contribution is -2.23. The zero-order chi connectivity index (χ0) is 15.4. The average Bonchev–Trinajstić information content (AvgIpc) is 2.47. The Morgan fingerprint density at radius 1 is 1.29 bits per heavy atom. The normalized spacial score (nSPS) is 12.9. The lowest BCUT2D eigenvalue weighted by molar-refractivity contribution is 0.198. The van der Waals surface area contributed by atoms with Crippen molar-refractivity contribution in [2.45, 2.75) is 25.7 Å². The van der Waals surface area contributed by atoms with Crippen LogP contribution in [0.4, 0.5) is 5.82 Å². The highest BCUT2D eigenvalue weighted by Crippen LogP contribution is 2.25. The summed E-state index contributed by atoms with van der Waals surface area (Å²) in [5.41, 5.74) is 2.24. The largest absolute Gasteiger partial charge is 0.396 e. The van der Waals surface area contributed by atoms with Crippen LogP contribution in [0.25, 0.3) is 10.9 Å². The van der Waals surface area contributed by atoms with Crippen LogP contribution >= 0.6 is 11.8 Å². The number of aliphatic hydroxyl groups excluding tert-OH is 1. The zero-order valence-corrected chi connectivity index (χ0v) is 14.0. The van der Waals surface area contributed by atoms with Crippen molar-refractivity contribution in [1.82, 2.24) is 4.98 Å². The summed E-state index contributed by atoms with van der Waals surface area (Å²) in [6, 6.07) is 8.46. The van der Waals surface area contributed by atoms with Crippen LogP contribution in [0, 0.1) is 18.8 Å². The summed E-state index contributed by atoms with van der Waals surface area (Å²) >= 11 is 1.75. The van der Waals surface area contributed by atoms with Gasteiger partial charge in [0.05, 0.1) is 5.52 Å². The number of aromatic nitrogens is 1. The predicted octanol–water partition coefficient (Wildman–Crippen LogP) is 3.94. The van der Waals surface area contributed by atoms with Crippen LogP contribution in [-0.2, 0) is 0 Å². The predicted molar refractivity (Wildman–Crippen MR) is 92.2 cm³/mol. The first-order valence-electron chi connectivity index (χ1n) is 7.35. The van der Waals surface area contributed by atoms with E-state index in [9.17, 15) is 5.11 Å². The van der Waals surface area contributed by atoms with Crippen molar-refractivity contribution >= 4 is 28.5 Å². The lowest BCUT2D eigenvalue weighted by Gasteiger charge is -2.19. The van der Waals surface area contributed by atoms with E-state index in [1.807, 2.05) is 0 Å². The van der Waals surface area contributed by atoms with Gasteiger partial charge in [-0.05, 0) is 48.9 Å². The number of rotatable bonds is 6. The van der Waals surface area contributed by atoms with Gasteiger partial charge < -0.3 is 10.4 Å². The van der Waals surface area contributed by atoms with Crippen molar-refractivity contribution in [2.24, 2.45) is 11.8 Å². The number of aliphatic hydroxyl groups is 1. The Hall–Kier alpha value is -1.26. The van der Waals surface area contributed by atoms with Crippen LogP contribution in [0.2, 0.25) is 0 Å². The number of thioether (sulfide) groups is 1. The molecule has 1 atom stereocenters. The summed E-state index contributed by atoms with van der Waals surface area (Å²) in [7, 11) is 0. The Morgan fingerprint density at radius 3 is 2.67 bits per heavy atom. The highest BCUT2D eigenvalue weighted by Gasteiger charge is 2.12. The summed E-state index contributed by atoms with van der Waals surface area (Å²) in [4.78, 5) is 5.93. The van der Waals surface area contributed by atoms with E-state index in [0.29, 0.717) is 5.92 Å². The Morgan fingerprint density at radius 2 is 2.05 bits per heavy atom. The number of nitrogens with zero attached hydrogens (tertiary/aromatic N) is 1. The molecule has 0 spiro atoms. The maximum Gasteiger partial charge on any atom is 0.126 e. The van der Waals surface area contributed by atoms with Crippen LogP contribution in [0.3, 0.4) is 0 Å². The molecule has 0 radical (unpaired) electrons. The maximum atomic E-state index is 9.40. The monoisotopic (exact) mass is 304 g/mol. The van der Waals surface area contributed by atoms with E-state index in [-0.39, 0.29) is 12.5 Å². The topological polar surface area (TPSA) is 45.2 Å². The van der Waals surface area contributed by atoms with Crippen LogP contribution in [0.15, 0.2) is 29.2 Å². The highest BCUT2D eigenvalue weighted by atomic mass is 32.2. The zero-order valence-electron chi connectivity index (χ0n) is 13.2. The molecule has 0 saturated heterocycles. The standard InChI is InChI=1S/C17H24N2OS/c1-11(2)13(10-20)9-18-17-7-12(3)15-8-14(21-4)5-6-16(15)19-17/h5-8,11,13,20H,9-10H2,1-4H3,(H,18,19). The Labute approximate surface area is 131 Å². The van der Waals surface area contributed by atoms with Crippen molar-refractivity contribution in [1.29, 1.82) is 0 Å². The second kappa shape index (κ2) is 7.14. The van der Waals surface area contributed by atoms with Crippen LogP contribution in [0.1, 0.15) is 19.4 Å². The molecule has 1 unspecified atom stereocenters. The molecule has 0 fully saturated rings. The molecule has 21 heavy (non-hydrogen) atoms. The van der Waals surface area contributed by atoms with E-state index >= 15 is 0 Å². The number of nitrogens with one attached hydrogen (secondary N) is 1. The van der Waals surface area contributed by atoms with E-state index in [1.54, 1.807) is 11.8 Å². The van der Waals surface area contributed by atoms with E-state index in [0.717, 1.165) is 17.9 Å². The third-order valence-electron chi connectivity index (χ3n) is 3.95. The Bertz CT molecular complexity index is 613. The van der Waals surface area contributed by atoms with Gasteiger partial charge in [-0.2, -0.15) is 0 Å². The van der Waals surface area contributed by atoms with Gasteiger partial charge in [-0.1, -0.05) is 13.8 Å². The van der Waals surface area contributed by atoms with Gasteiger partial charge in [0.1, 0.15) is 5.82 Å². The SMILES string of the molecule is CSc1ccc2nc(NCC(CO)C(C)C)cc(C)c2c1. The molecule has 0 aliphatic heterocycles. The summed E-state index contributed by atoms with van der Waals surface area (Å²) in [6.07, 6.45) is 2.08. The first-order valence-corrected chi connectivity index (χ1v) is 8.57. The van der Waals surface area contributed by atoms with Gasteiger partial charge in [0.25, 0.3) is 0 Å². The minimum absolute atomic E-state index is 0.203. The van der Waals surface area contributed by atoms with Crippen LogP contribution in [0.5, 0.6) is 0 Å². The smallest absolute Gasteiger partial charge is 0.126 e. The number of pyridine rings is 1. The maximum absolute atomic E-state index is 9.40. The lowest BCUT2D eigenvalue weighted by atomic mass is 9.97. The molecule has 0 saturated carbocycles. The summed E-state index contributed by atoms with van der Waals surface area (Å²) < 4.78 is 0. The molecule has 0 amide bonds. The van der Waals surface area contributed by atoms with Gasteiger partial charge in [0.15, 0.2) is 0 Å². The molecule has 1 aromatic heterocycles. The second-order valence-corrected chi connectivity index (χ2v) is 6.65. The average molecular weight is 304 g/mol. The van der Waals surface area contributed by atoms with E-state index in [4.69, 9.17) is 0 Å². The van der Waals surface area contributed by atoms with E-state index in [2.05, 4.69) is 61.6 Å². The highest BCUT2D eigenvalue weighted by molar-refractivity contribution is 7.98. The summed E-state index contributed by atoms with van der Waals surface area (Å²) in [5.74, 6) is 1.59. The Balaban J connectivity index is 2.22. The molecular weight excluding hydrogens is 280 g/mol. The molecule has 4 heteroatoms.